The number of halogens is 1. The lowest BCUT2D eigenvalue weighted by Gasteiger charge is -2.09. The highest BCUT2D eigenvalue weighted by molar-refractivity contribution is 6.32. The van der Waals surface area contributed by atoms with Crippen LogP contribution in [-0.4, -0.2) is 25.9 Å². The first-order valence-corrected chi connectivity index (χ1v) is 8.04. The molecule has 3 rings (SSSR count). The molecule has 0 aliphatic carbocycles. The molecule has 1 heterocycles. The molecule has 0 fully saturated rings. The van der Waals surface area contributed by atoms with E-state index in [9.17, 15) is 4.79 Å². The number of rotatable bonds is 6. The topological polar surface area (TPSA) is 56.8 Å². The maximum absolute atomic E-state index is 11.9. The molecular weight excluding hydrogens is 330 g/mol. The molecule has 24 heavy (non-hydrogen) atoms. The van der Waals surface area contributed by atoms with Crippen molar-refractivity contribution in [3.8, 4) is 17.2 Å². The first kappa shape index (κ1) is 16.5. The average molecular weight is 348 g/mol. The van der Waals surface area contributed by atoms with Crippen LogP contribution in [0.4, 0.5) is 0 Å². The smallest absolute Gasteiger partial charge is 0.257 e. The van der Waals surface area contributed by atoms with Gasteiger partial charge in [-0.3, -0.25) is 4.79 Å². The summed E-state index contributed by atoms with van der Waals surface area (Å²) in [6.07, 6.45) is 0.702. The maximum atomic E-state index is 11.9. The normalized spacial score (nSPS) is 12.1. The van der Waals surface area contributed by atoms with Crippen molar-refractivity contribution in [2.75, 3.05) is 19.9 Å². The molecular formula is C18H18ClNO4. The minimum absolute atomic E-state index is 0.0652. The number of aryl methyl sites for hydroxylation is 1. The first-order valence-electron chi connectivity index (χ1n) is 7.66. The van der Waals surface area contributed by atoms with Crippen LogP contribution >= 0.6 is 11.6 Å². The second kappa shape index (κ2) is 7.45. The molecule has 0 atom stereocenters. The molecule has 1 N–H and O–H groups in total. The fourth-order valence-corrected chi connectivity index (χ4v) is 2.53. The maximum Gasteiger partial charge on any atom is 0.257 e. The molecule has 0 bridgehead atoms. The van der Waals surface area contributed by atoms with E-state index in [4.69, 9.17) is 25.8 Å². The number of nitrogens with one attached hydrogen (secondary N) is 1. The minimum atomic E-state index is -0.187. The molecule has 0 saturated heterocycles. The molecule has 2 aromatic carbocycles. The van der Waals surface area contributed by atoms with Gasteiger partial charge in [0.15, 0.2) is 18.1 Å². The van der Waals surface area contributed by atoms with Crippen molar-refractivity contribution >= 4 is 17.5 Å². The zero-order chi connectivity index (χ0) is 16.9. The Morgan fingerprint density at radius 2 is 2.04 bits per heavy atom. The van der Waals surface area contributed by atoms with Gasteiger partial charge in [0, 0.05) is 6.54 Å². The molecule has 5 nitrogen and oxygen atoms in total. The van der Waals surface area contributed by atoms with Gasteiger partial charge in [-0.25, -0.2) is 0 Å². The van der Waals surface area contributed by atoms with E-state index in [1.54, 1.807) is 6.07 Å². The van der Waals surface area contributed by atoms with Crippen LogP contribution in [0, 0.1) is 6.92 Å². The standard InChI is InChI=1S/C18H18ClNO4/c1-12-2-4-14(19)16(8-12)22-10-18(21)20-7-6-13-3-5-15-17(9-13)24-11-23-15/h2-5,8-9H,6-7,10-11H2,1H3,(H,20,21). The minimum Gasteiger partial charge on any atom is -0.482 e. The van der Waals surface area contributed by atoms with E-state index >= 15 is 0 Å². The summed E-state index contributed by atoms with van der Waals surface area (Å²) in [5, 5.41) is 3.32. The van der Waals surface area contributed by atoms with Crippen LogP contribution in [0.15, 0.2) is 36.4 Å². The van der Waals surface area contributed by atoms with Crippen LogP contribution in [0.5, 0.6) is 17.2 Å². The van der Waals surface area contributed by atoms with E-state index in [0.29, 0.717) is 23.7 Å². The Balaban J connectivity index is 1.43. The number of carbonyl (C=O) groups is 1. The van der Waals surface area contributed by atoms with Crippen LogP contribution in [0.25, 0.3) is 0 Å². The highest BCUT2D eigenvalue weighted by Crippen LogP contribution is 2.32. The predicted octanol–water partition coefficient (Wildman–Crippen LogP) is 3.11. The van der Waals surface area contributed by atoms with Gasteiger partial charge in [-0.1, -0.05) is 23.7 Å². The molecule has 0 spiro atoms. The summed E-state index contributed by atoms with van der Waals surface area (Å²) in [4.78, 5) is 11.9. The van der Waals surface area contributed by atoms with E-state index in [0.717, 1.165) is 22.6 Å². The predicted molar refractivity (Wildman–Crippen MR) is 91.0 cm³/mol. The van der Waals surface area contributed by atoms with Gasteiger partial charge in [-0.2, -0.15) is 0 Å². The number of fused-ring (bicyclic) bond motifs is 1. The summed E-state index contributed by atoms with van der Waals surface area (Å²) in [7, 11) is 0. The monoisotopic (exact) mass is 347 g/mol. The molecule has 0 aromatic heterocycles. The molecule has 0 unspecified atom stereocenters. The van der Waals surface area contributed by atoms with Crippen LogP contribution < -0.4 is 19.5 Å². The molecule has 1 aliphatic rings. The third-order valence-electron chi connectivity index (χ3n) is 3.62. The zero-order valence-electron chi connectivity index (χ0n) is 13.3. The fourth-order valence-electron chi connectivity index (χ4n) is 2.36. The summed E-state index contributed by atoms with van der Waals surface area (Å²) < 4.78 is 16.1. The van der Waals surface area contributed by atoms with Crippen molar-refractivity contribution in [1.29, 1.82) is 0 Å². The third kappa shape index (κ3) is 4.11. The molecule has 0 saturated carbocycles. The highest BCUT2D eigenvalue weighted by Gasteiger charge is 2.13. The van der Waals surface area contributed by atoms with E-state index in [1.165, 1.54) is 0 Å². The van der Waals surface area contributed by atoms with Crippen LogP contribution in [0.2, 0.25) is 5.02 Å². The second-order valence-corrected chi connectivity index (χ2v) is 5.92. The Morgan fingerprint density at radius 3 is 2.92 bits per heavy atom. The number of carbonyl (C=O) groups excluding carboxylic acids is 1. The van der Waals surface area contributed by atoms with Gasteiger partial charge in [0.1, 0.15) is 5.75 Å². The van der Waals surface area contributed by atoms with Crippen molar-refractivity contribution in [2.24, 2.45) is 0 Å². The Kier molecular flexibility index (Phi) is 5.11. The van der Waals surface area contributed by atoms with Crippen LogP contribution in [0.3, 0.4) is 0 Å². The van der Waals surface area contributed by atoms with Gasteiger partial charge in [0.25, 0.3) is 5.91 Å². The van der Waals surface area contributed by atoms with Gasteiger partial charge >= 0.3 is 0 Å². The van der Waals surface area contributed by atoms with Gasteiger partial charge < -0.3 is 19.5 Å². The first-order chi connectivity index (χ1) is 11.6. The molecule has 126 valence electrons. The van der Waals surface area contributed by atoms with Crippen molar-refractivity contribution in [1.82, 2.24) is 5.32 Å². The number of ether oxygens (including phenoxy) is 3. The number of amides is 1. The molecule has 0 radical (unpaired) electrons. The van der Waals surface area contributed by atoms with Gasteiger partial charge in [-0.15, -0.1) is 0 Å². The fraction of sp³-hybridized carbons (Fsp3) is 0.278. The van der Waals surface area contributed by atoms with Crippen molar-refractivity contribution < 1.29 is 19.0 Å². The summed E-state index contributed by atoms with van der Waals surface area (Å²) in [5.74, 6) is 1.83. The lowest BCUT2D eigenvalue weighted by atomic mass is 10.1. The summed E-state index contributed by atoms with van der Waals surface area (Å²) in [5.41, 5.74) is 2.10. The highest BCUT2D eigenvalue weighted by atomic mass is 35.5. The van der Waals surface area contributed by atoms with Crippen molar-refractivity contribution in [3.63, 3.8) is 0 Å². The number of hydrogen-bond acceptors (Lipinski definition) is 4. The number of benzene rings is 2. The average Bonchev–Trinajstić information content (AvgIpc) is 3.03. The van der Waals surface area contributed by atoms with E-state index < -0.39 is 0 Å². The van der Waals surface area contributed by atoms with Crippen molar-refractivity contribution in [3.05, 3.63) is 52.5 Å². The SMILES string of the molecule is Cc1ccc(Cl)c(OCC(=O)NCCc2ccc3c(c2)OCO3)c1. The summed E-state index contributed by atoms with van der Waals surface area (Å²) in [6.45, 7) is 2.65. The zero-order valence-corrected chi connectivity index (χ0v) is 14.1. The van der Waals surface area contributed by atoms with Crippen molar-refractivity contribution in [2.45, 2.75) is 13.3 Å². The number of hydrogen-bond donors (Lipinski definition) is 1. The summed E-state index contributed by atoms with van der Waals surface area (Å²) in [6, 6.07) is 11.2. The van der Waals surface area contributed by atoms with E-state index in [2.05, 4.69) is 5.32 Å². The molecule has 6 heteroatoms. The molecule has 1 amide bonds. The Labute approximate surface area is 145 Å². The Morgan fingerprint density at radius 1 is 1.21 bits per heavy atom. The quantitative estimate of drug-likeness (QED) is 0.872. The van der Waals surface area contributed by atoms with Gasteiger partial charge in [-0.05, 0) is 48.7 Å². The van der Waals surface area contributed by atoms with Gasteiger partial charge in [0.05, 0.1) is 5.02 Å². The molecule has 1 aliphatic heterocycles. The Bertz CT molecular complexity index is 748. The lowest BCUT2D eigenvalue weighted by Crippen LogP contribution is -2.30. The molecule has 2 aromatic rings. The van der Waals surface area contributed by atoms with Crippen LogP contribution in [0.1, 0.15) is 11.1 Å². The van der Waals surface area contributed by atoms with E-state index in [1.807, 2.05) is 37.3 Å². The Hall–Kier alpha value is -2.40. The third-order valence-corrected chi connectivity index (χ3v) is 3.93. The largest absolute Gasteiger partial charge is 0.482 e. The second-order valence-electron chi connectivity index (χ2n) is 5.51. The van der Waals surface area contributed by atoms with Crippen LogP contribution in [-0.2, 0) is 11.2 Å². The lowest BCUT2D eigenvalue weighted by molar-refractivity contribution is -0.123. The van der Waals surface area contributed by atoms with E-state index in [-0.39, 0.29) is 19.3 Å². The summed E-state index contributed by atoms with van der Waals surface area (Å²) >= 11 is 6.03. The van der Waals surface area contributed by atoms with Gasteiger partial charge in [0.2, 0.25) is 6.79 Å².